The lowest BCUT2D eigenvalue weighted by Crippen LogP contribution is -2.76. The normalized spacial score (nSPS) is 34.4. The molecule has 0 amide bonds. The molecule has 1 saturated heterocycles. The Balaban J connectivity index is 2.62. The van der Waals surface area contributed by atoms with Gasteiger partial charge in [-0.3, -0.25) is 4.79 Å². The fourth-order valence-electron chi connectivity index (χ4n) is 4.00. The third-order valence-corrected chi connectivity index (χ3v) is 6.08. The van der Waals surface area contributed by atoms with Crippen molar-refractivity contribution in [3.8, 4) is 0 Å². The maximum absolute atomic E-state index is 14.7. The highest BCUT2D eigenvalue weighted by molar-refractivity contribution is 5.72. The molecule has 1 saturated carbocycles. The molecule has 4 atom stereocenters. The molecule has 4 nitrogen and oxygen atoms in total. The van der Waals surface area contributed by atoms with E-state index in [1.807, 2.05) is 0 Å². The number of halogens is 8. The Morgan fingerprint density at radius 1 is 1.10 bits per heavy atom. The van der Waals surface area contributed by atoms with Crippen LogP contribution in [0.2, 0.25) is 0 Å². The lowest BCUT2D eigenvalue weighted by molar-refractivity contribution is -0.511. The van der Waals surface area contributed by atoms with Gasteiger partial charge in [-0.05, 0) is 25.2 Å². The van der Waals surface area contributed by atoms with Crippen LogP contribution in [0.4, 0.5) is 35.1 Å². The third kappa shape index (κ3) is 4.01. The molecule has 1 heterocycles. The summed E-state index contributed by atoms with van der Waals surface area (Å²) in [6, 6.07) is 0. The van der Waals surface area contributed by atoms with Crippen LogP contribution in [-0.2, 0) is 14.3 Å². The molecule has 0 aromatic carbocycles. The monoisotopic (exact) mass is 456 g/mol. The number of hydrogen-bond donors (Lipinski definition) is 1. The summed E-state index contributed by atoms with van der Waals surface area (Å²) in [6.45, 7) is 2.69. The third-order valence-electron chi connectivity index (χ3n) is 6.08. The van der Waals surface area contributed by atoms with Gasteiger partial charge in [-0.2, -0.15) is 35.1 Å². The fourth-order valence-corrected chi connectivity index (χ4v) is 4.00. The number of carbonyl (C=O) groups is 1. The maximum atomic E-state index is 14.7. The standard InChI is InChI=1S/C18H24F8O4/c1-3-10(2)13(27)29-12-9-14(17(21,22)23,11-7-5-4-6-8-11)30-16(28,15(12,19)20)18(24,25)26/h10-12,28H,3-9H2,1-2H3. The van der Waals surface area contributed by atoms with Crippen molar-refractivity contribution in [2.75, 3.05) is 0 Å². The zero-order chi connectivity index (χ0) is 23.2. The van der Waals surface area contributed by atoms with Gasteiger partial charge in [0, 0.05) is 6.42 Å². The molecule has 1 aliphatic carbocycles. The molecule has 0 spiro atoms. The zero-order valence-electron chi connectivity index (χ0n) is 16.4. The smallest absolute Gasteiger partial charge is 0.449 e. The molecule has 1 N–H and O–H groups in total. The van der Waals surface area contributed by atoms with Crippen molar-refractivity contribution in [3.05, 3.63) is 0 Å². The van der Waals surface area contributed by atoms with Crippen molar-refractivity contribution < 1.29 is 54.5 Å². The van der Waals surface area contributed by atoms with E-state index < -0.39 is 60.0 Å². The largest absolute Gasteiger partial charge is 0.455 e. The zero-order valence-corrected chi connectivity index (χ0v) is 16.4. The summed E-state index contributed by atoms with van der Waals surface area (Å²) < 4.78 is 121. The van der Waals surface area contributed by atoms with Crippen LogP contribution >= 0.6 is 0 Å². The Morgan fingerprint density at radius 2 is 1.63 bits per heavy atom. The highest BCUT2D eigenvalue weighted by Gasteiger charge is 2.83. The Bertz CT molecular complexity index is 629. The van der Waals surface area contributed by atoms with E-state index in [1.165, 1.54) is 13.8 Å². The average molecular weight is 456 g/mol. The van der Waals surface area contributed by atoms with Crippen molar-refractivity contribution in [2.24, 2.45) is 11.8 Å². The molecule has 2 fully saturated rings. The Kier molecular flexibility index (Phi) is 6.75. The first-order valence-corrected chi connectivity index (χ1v) is 9.67. The average Bonchev–Trinajstić information content (AvgIpc) is 2.63. The molecular weight excluding hydrogens is 432 g/mol. The molecule has 2 rings (SSSR count). The van der Waals surface area contributed by atoms with E-state index in [0.29, 0.717) is 6.42 Å². The lowest BCUT2D eigenvalue weighted by Gasteiger charge is -2.55. The SMILES string of the molecule is CCC(C)C(=O)OC1CC(C2CCCCC2)(C(F)(F)F)OC(O)(C(F)(F)F)C1(F)F. The van der Waals surface area contributed by atoms with E-state index in [9.17, 15) is 45.0 Å². The highest BCUT2D eigenvalue weighted by Crippen LogP contribution is 2.60. The molecule has 4 unspecified atom stereocenters. The van der Waals surface area contributed by atoms with Crippen LogP contribution < -0.4 is 0 Å². The summed E-state index contributed by atoms with van der Waals surface area (Å²) in [7, 11) is 0. The molecule has 176 valence electrons. The van der Waals surface area contributed by atoms with Gasteiger partial charge in [0.1, 0.15) is 0 Å². The van der Waals surface area contributed by atoms with Crippen molar-refractivity contribution in [1.82, 2.24) is 0 Å². The van der Waals surface area contributed by atoms with Gasteiger partial charge < -0.3 is 14.6 Å². The molecule has 30 heavy (non-hydrogen) atoms. The lowest BCUT2D eigenvalue weighted by atomic mass is 9.70. The number of rotatable bonds is 4. The Labute approximate surface area is 167 Å². The van der Waals surface area contributed by atoms with Crippen molar-refractivity contribution in [3.63, 3.8) is 0 Å². The number of ether oxygens (including phenoxy) is 2. The van der Waals surface area contributed by atoms with E-state index in [1.54, 1.807) is 0 Å². The number of esters is 1. The second-order valence-electron chi connectivity index (χ2n) is 8.03. The van der Waals surface area contributed by atoms with Crippen molar-refractivity contribution in [2.45, 2.75) is 94.6 Å². The second-order valence-corrected chi connectivity index (χ2v) is 8.03. The van der Waals surface area contributed by atoms with Crippen LogP contribution in [0.3, 0.4) is 0 Å². The van der Waals surface area contributed by atoms with Gasteiger partial charge >= 0.3 is 30.0 Å². The summed E-state index contributed by atoms with van der Waals surface area (Å²) in [4.78, 5) is 12.0. The molecule has 0 radical (unpaired) electrons. The Hall–Kier alpha value is -1.17. The van der Waals surface area contributed by atoms with Crippen LogP contribution in [0.1, 0.15) is 58.8 Å². The molecule has 0 aromatic heterocycles. The van der Waals surface area contributed by atoms with Crippen LogP contribution in [0.25, 0.3) is 0 Å². The van der Waals surface area contributed by atoms with E-state index >= 15 is 0 Å². The van der Waals surface area contributed by atoms with Gasteiger partial charge in [-0.1, -0.05) is 33.1 Å². The van der Waals surface area contributed by atoms with Gasteiger partial charge in [0.15, 0.2) is 11.7 Å². The quantitative estimate of drug-likeness (QED) is 0.471. The van der Waals surface area contributed by atoms with E-state index in [0.717, 1.165) is 0 Å². The summed E-state index contributed by atoms with van der Waals surface area (Å²) in [5, 5.41) is 9.86. The molecule has 0 bridgehead atoms. The predicted octanol–water partition coefficient (Wildman–Crippen LogP) is 5.13. The van der Waals surface area contributed by atoms with Crippen LogP contribution in [-0.4, -0.2) is 46.8 Å². The first kappa shape index (κ1) is 25.1. The van der Waals surface area contributed by atoms with E-state index in [2.05, 4.69) is 9.47 Å². The van der Waals surface area contributed by atoms with Gasteiger partial charge in [0.2, 0.25) is 0 Å². The molecule has 1 aliphatic heterocycles. The summed E-state index contributed by atoms with van der Waals surface area (Å²) in [6.07, 6.45) is -16.2. The van der Waals surface area contributed by atoms with Crippen LogP contribution in [0.15, 0.2) is 0 Å². The number of aliphatic hydroxyl groups is 1. The first-order chi connectivity index (χ1) is 13.5. The number of carbonyl (C=O) groups excluding carboxylic acids is 1. The van der Waals surface area contributed by atoms with Gasteiger partial charge in [-0.15, -0.1) is 0 Å². The molecular formula is C18H24F8O4. The van der Waals surface area contributed by atoms with Crippen LogP contribution in [0.5, 0.6) is 0 Å². The van der Waals surface area contributed by atoms with E-state index in [4.69, 9.17) is 0 Å². The van der Waals surface area contributed by atoms with Gasteiger partial charge in [0.25, 0.3) is 0 Å². The van der Waals surface area contributed by atoms with E-state index in [-0.39, 0.29) is 32.1 Å². The van der Waals surface area contributed by atoms with Gasteiger partial charge in [-0.25, -0.2) is 0 Å². The minimum atomic E-state index is -6.29. The second kappa shape index (κ2) is 8.07. The number of hydrogen-bond acceptors (Lipinski definition) is 4. The first-order valence-electron chi connectivity index (χ1n) is 9.67. The topological polar surface area (TPSA) is 55.8 Å². The summed E-state index contributed by atoms with van der Waals surface area (Å²) in [5.74, 6) is -14.9. The molecule has 12 heteroatoms. The van der Waals surface area contributed by atoms with Crippen molar-refractivity contribution >= 4 is 5.97 Å². The minimum absolute atomic E-state index is 0.0597. The number of alkyl halides is 8. The summed E-state index contributed by atoms with van der Waals surface area (Å²) in [5.41, 5.74) is -3.75. The maximum Gasteiger partial charge on any atom is 0.449 e. The predicted molar refractivity (Wildman–Crippen MR) is 86.3 cm³/mol. The van der Waals surface area contributed by atoms with Gasteiger partial charge in [0.05, 0.1) is 5.92 Å². The minimum Gasteiger partial charge on any atom is -0.455 e. The van der Waals surface area contributed by atoms with Crippen LogP contribution in [0, 0.1) is 11.8 Å². The molecule has 0 aromatic rings. The Morgan fingerprint density at radius 3 is 2.07 bits per heavy atom. The summed E-state index contributed by atoms with van der Waals surface area (Å²) >= 11 is 0. The van der Waals surface area contributed by atoms with Crippen molar-refractivity contribution in [1.29, 1.82) is 0 Å². The molecule has 2 aliphatic rings. The fraction of sp³-hybridized carbons (Fsp3) is 0.944. The highest BCUT2D eigenvalue weighted by atomic mass is 19.4.